The molecule has 0 atom stereocenters. The Morgan fingerprint density at radius 3 is 2.22 bits per heavy atom. The van der Waals surface area contributed by atoms with Gasteiger partial charge in [0.1, 0.15) is 0 Å². The summed E-state index contributed by atoms with van der Waals surface area (Å²) >= 11 is 9.89. The molecule has 0 saturated heterocycles. The van der Waals surface area contributed by atoms with Crippen molar-refractivity contribution in [1.82, 2.24) is 5.32 Å². The lowest BCUT2D eigenvalue weighted by Gasteiger charge is -2.11. The van der Waals surface area contributed by atoms with Gasteiger partial charge in [0, 0.05) is 21.4 Å². The Kier molecular flexibility index (Phi) is 6.33. The first-order valence-electron chi connectivity index (χ1n) is 7.84. The van der Waals surface area contributed by atoms with Crippen molar-refractivity contribution in [3.63, 3.8) is 0 Å². The van der Waals surface area contributed by atoms with Crippen LogP contribution in [-0.4, -0.2) is 16.9 Å². The van der Waals surface area contributed by atoms with E-state index in [1.54, 1.807) is 48.5 Å². The molecule has 1 aromatic heterocycles. The second kappa shape index (κ2) is 8.90. The first kappa shape index (κ1) is 19.2. The smallest absolute Gasteiger partial charge is 0.265 e. The zero-order chi connectivity index (χ0) is 19.2. The van der Waals surface area contributed by atoms with Crippen molar-refractivity contribution in [2.24, 2.45) is 0 Å². The minimum absolute atomic E-state index is 0.150. The molecule has 8 heteroatoms. The number of halogens is 1. The van der Waals surface area contributed by atoms with Crippen molar-refractivity contribution < 1.29 is 9.59 Å². The molecule has 0 bridgehead atoms. The summed E-state index contributed by atoms with van der Waals surface area (Å²) in [5, 5.41) is 10.4. The number of carbonyl (C=O) groups excluding carboxylic acids is 2. The molecule has 1 heterocycles. The van der Waals surface area contributed by atoms with Crippen LogP contribution in [0.4, 0.5) is 11.4 Å². The average Bonchev–Trinajstić information content (AvgIpc) is 3.18. The number of carbonyl (C=O) groups is 2. The quantitative estimate of drug-likeness (QED) is 0.485. The average molecular weight is 460 g/mol. The van der Waals surface area contributed by atoms with Crippen molar-refractivity contribution >= 4 is 67.8 Å². The summed E-state index contributed by atoms with van der Waals surface area (Å²) in [6.45, 7) is 0. The van der Waals surface area contributed by atoms with Crippen LogP contribution in [0, 0.1) is 0 Å². The van der Waals surface area contributed by atoms with Crippen LogP contribution in [0.5, 0.6) is 0 Å². The zero-order valence-electron chi connectivity index (χ0n) is 13.9. The van der Waals surface area contributed by atoms with Crippen LogP contribution in [0.15, 0.2) is 70.5 Å². The minimum atomic E-state index is -0.298. The molecule has 5 nitrogen and oxygen atoms in total. The summed E-state index contributed by atoms with van der Waals surface area (Å²) < 4.78 is 0.814. The van der Waals surface area contributed by atoms with E-state index in [4.69, 9.17) is 12.2 Å². The number of thiophene rings is 1. The van der Waals surface area contributed by atoms with Crippen LogP contribution < -0.4 is 16.0 Å². The number of nitrogens with one attached hydrogen (secondary N) is 3. The van der Waals surface area contributed by atoms with E-state index in [0.717, 1.165) is 4.47 Å². The molecule has 0 aliphatic carbocycles. The monoisotopic (exact) mass is 459 g/mol. The van der Waals surface area contributed by atoms with Crippen molar-refractivity contribution in [1.29, 1.82) is 0 Å². The molecule has 0 aliphatic heterocycles. The Bertz CT molecular complexity index is 973. The standard InChI is InChI=1S/C19H14BrN3O2S2/c20-13-4-1-3-12(11-13)17(24)23-19(26)22-15-8-6-14(7-9-15)21-18(25)16-5-2-10-27-16/h1-11H,(H,21,25)(H2,22,23,24,26). The fourth-order valence-electron chi connectivity index (χ4n) is 2.20. The highest BCUT2D eigenvalue weighted by atomic mass is 79.9. The highest BCUT2D eigenvalue weighted by molar-refractivity contribution is 9.10. The molecule has 0 spiro atoms. The number of amides is 2. The molecule has 0 aliphatic rings. The lowest BCUT2D eigenvalue weighted by Crippen LogP contribution is -2.34. The van der Waals surface area contributed by atoms with E-state index >= 15 is 0 Å². The molecule has 0 radical (unpaired) electrons. The summed E-state index contributed by atoms with van der Waals surface area (Å²) in [6, 6.07) is 17.7. The lowest BCUT2D eigenvalue weighted by atomic mass is 10.2. The highest BCUT2D eigenvalue weighted by Gasteiger charge is 2.09. The summed E-state index contributed by atoms with van der Waals surface area (Å²) in [5.41, 5.74) is 1.87. The van der Waals surface area contributed by atoms with Gasteiger partial charge in [-0.2, -0.15) is 0 Å². The SMILES string of the molecule is O=C(NC(=S)Nc1ccc(NC(=O)c2cccs2)cc1)c1cccc(Br)c1. The minimum Gasteiger partial charge on any atom is -0.332 e. The Balaban J connectivity index is 1.55. The predicted octanol–water partition coefficient (Wildman–Crippen LogP) is 4.89. The maximum Gasteiger partial charge on any atom is 0.265 e. The molecule has 136 valence electrons. The third-order valence-electron chi connectivity index (χ3n) is 3.46. The van der Waals surface area contributed by atoms with Crippen LogP contribution in [0.2, 0.25) is 0 Å². The highest BCUT2D eigenvalue weighted by Crippen LogP contribution is 2.16. The van der Waals surface area contributed by atoms with Crippen LogP contribution in [0.25, 0.3) is 0 Å². The van der Waals surface area contributed by atoms with Gasteiger partial charge in [0.25, 0.3) is 11.8 Å². The van der Waals surface area contributed by atoms with E-state index in [1.165, 1.54) is 11.3 Å². The number of hydrogen-bond acceptors (Lipinski definition) is 4. The Labute approximate surface area is 173 Å². The Morgan fingerprint density at radius 1 is 0.889 bits per heavy atom. The Morgan fingerprint density at radius 2 is 1.59 bits per heavy atom. The van der Waals surface area contributed by atoms with E-state index in [9.17, 15) is 9.59 Å². The van der Waals surface area contributed by atoms with Crippen molar-refractivity contribution in [3.8, 4) is 0 Å². The maximum atomic E-state index is 12.2. The van der Waals surface area contributed by atoms with Crippen LogP contribution >= 0.6 is 39.5 Å². The summed E-state index contributed by atoms with van der Waals surface area (Å²) in [7, 11) is 0. The molecule has 2 aromatic carbocycles. The number of hydrogen-bond donors (Lipinski definition) is 3. The first-order valence-corrected chi connectivity index (χ1v) is 9.92. The fourth-order valence-corrected chi connectivity index (χ4v) is 3.43. The van der Waals surface area contributed by atoms with E-state index in [-0.39, 0.29) is 16.9 Å². The summed E-state index contributed by atoms with van der Waals surface area (Å²) in [5.74, 6) is -0.448. The number of anilines is 2. The number of rotatable bonds is 4. The van der Waals surface area contributed by atoms with Gasteiger partial charge in [-0.05, 0) is 66.1 Å². The van der Waals surface area contributed by atoms with Crippen LogP contribution in [-0.2, 0) is 0 Å². The van der Waals surface area contributed by atoms with Gasteiger partial charge in [0.15, 0.2) is 5.11 Å². The molecule has 0 fully saturated rings. The van der Waals surface area contributed by atoms with E-state index < -0.39 is 0 Å². The van der Waals surface area contributed by atoms with Crippen LogP contribution in [0.3, 0.4) is 0 Å². The molecule has 0 saturated carbocycles. The van der Waals surface area contributed by atoms with Crippen molar-refractivity contribution in [2.45, 2.75) is 0 Å². The first-order chi connectivity index (χ1) is 13.0. The second-order valence-corrected chi connectivity index (χ2v) is 7.70. The molecule has 0 unspecified atom stereocenters. The van der Waals surface area contributed by atoms with Gasteiger partial charge >= 0.3 is 0 Å². The maximum absolute atomic E-state index is 12.2. The Hall–Kier alpha value is -2.55. The number of thiocarbonyl (C=S) groups is 1. The van der Waals surface area contributed by atoms with E-state index in [1.807, 2.05) is 17.5 Å². The zero-order valence-corrected chi connectivity index (χ0v) is 17.1. The van der Waals surface area contributed by atoms with Crippen LogP contribution in [0.1, 0.15) is 20.0 Å². The third kappa shape index (κ3) is 5.46. The molecule has 3 rings (SSSR count). The molecule has 2 amide bonds. The lowest BCUT2D eigenvalue weighted by molar-refractivity contribution is 0.0976. The van der Waals surface area contributed by atoms with Gasteiger partial charge in [-0.1, -0.05) is 28.1 Å². The normalized spacial score (nSPS) is 10.1. The second-order valence-electron chi connectivity index (χ2n) is 5.43. The molecular weight excluding hydrogens is 446 g/mol. The van der Waals surface area contributed by atoms with Gasteiger partial charge in [0.2, 0.25) is 0 Å². The number of benzene rings is 2. The van der Waals surface area contributed by atoms with Gasteiger partial charge in [-0.3, -0.25) is 14.9 Å². The van der Waals surface area contributed by atoms with Gasteiger partial charge in [-0.25, -0.2) is 0 Å². The van der Waals surface area contributed by atoms with Crippen molar-refractivity contribution in [2.75, 3.05) is 10.6 Å². The van der Waals surface area contributed by atoms with Crippen molar-refractivity contribution in [3.05, 3.63) is 81.0 Å². The van der Waals surface area contributed by atoms with Gasteiger partial charge < -0.3 is 10.6 Å². The summed E-state index contributed by atoms with van der Waals surface area (Å²) in [6.07, 6.45) is 0. The topological polar surface area (TPSA) is 70.2 Å². The predicted molar refractivity (Wildman–Crippen MR) is 117 cm³/mol. The van der Waals surface area contributed by atoms with E-state index in [0.29, 0.717) is 21.8 Å². The largest absolute Gasteiger partial charge is 0.332 e. The molecule has 3 N–H and O–H groups in total. The molecule has 27 heavy (non-hydrogen) atoms. The third-order valence-corrected chi connectivity index (χ3v) is 5.03. The van der Waals surface area contributed by atoms with E-state index in [2.05, 4.69) is 31.9 Å². The summed E-state index contributed by atoms with van der Waals surface area (Å²) in [4.78, 5) is 24.9. The van der Waals surface area contributed by atoms with Gasteiger partial charge in [-0.15, -0.1) is 11.3 Å². The fraction of sp³-hybridized carbons (Fsp3) is 0. The van der Waals surface area contributed by atoms with Gasteiger partial charge in [0.05, 0.1) is 4.88 Å². The molecule has 3 aromatic rings. The molecular formula is C19H14BrN3O2S2.